The first-order valence-corrected chi connectivity index (χ1v) is 5.56. The molecule has 2 rings (SSSR count). The summed E-state index contributed by atoms with van der Waals surface area (Å²) in [5.41, 5.74) is 2.70. The molecule has 1 aliphatic rings. The highest BCUT2D eigenvalue weighted by Gasteiger charge is 2.30. The minimum absolute atomic E-state index is 0.678. The molecule has 2 heteroatoms. The van der Waals surface area contributed by atoms with Crippen LogP contribution in [-0.2, 0) is 0 Å². The average Bonchev–Trinajstić information content (AvgIpc) is 2.16. The van der Waals surface area contributed by atoms with E-state index in [4.69, 9.17) is 4.74 Å². The van der Waals surface area contributed by atoms with Crippen LogP contribution in [0, 0.1) is 6.92 Å². The lowest BCUT2D eigenvalue weighted by atomic mass is 9.75. The second-order valence-electron chi connectivity index (χ2n) is 4.40. The van der Waals surface area contributed by atoms with E-state index in [1.54, 1.807) is 7.11 Å². The van der Waals surface area contributed by atoms with Gasteiger partial charge in [-0.3, -0.25) is 0 Å². The van der Waals surface area contributed by atoms with Crippen molar-refractivity contribution in [3.63, 3.8) is 0 Å². The van der Waals surface area contributed by atoms with E-state index in [0.29, 0.717) is 12.0 Å². The lowest BCUT2D eigenvalue weighted by Crippen LogP contribution is -2.37. The summed E-state index contributed by atoms with van der Waals surface area (Å²) < 4.78 is 5.41. The maximum Gasteiger partial charge on any atom is 0.122 e. The van der Waals surface area contributed by atoms with Crippen molar-refractivity contribution >= 4 is 0 Å². The number of hydrogen-bond acceptors (Lipinski definition) is 2. The summed E-state index contributed by atoms with van der Waals surface area (Å²) in [4.78, 5) is 0. The number of benzene rings is 1. The molecule has 0 radical (unpaired) electrons. The number of methoxy groups -OCH3 is 1. The Labute approximate surface area is 91.6 Å². The summed E-state index contributed by atoms with van der Waals surface area (Å²) in [6, 6.07) is 7.14. The zero-order valence-corrected chi connectivity index (χ0v) is 9.71. The molecule has 0 unspecified atom stereocenters. The minimum atomic E-state index is 0.678. The van der Waals surface area contributed by atoms with Crippen LogP contribution in [0.4, 0.5) is 0 Å². The third-order valence-electron chi connectivity index (χ3n) is 3.37. The third-order valence-corrected chi connectivity index (χ3v) is 3.37. The van der Waals surface area contributed by atoms with Gasteiger partial charge in [-0.1, -0.05) is 17.7 Å². The molecular weight excluding hydrogens is 186 g/mol. The van der Waals surface area contributed by atoms with Crippen molar-refractivity contribution in [2.75, 3.05) is 14.2 Å². The Bertz CT molecular complexity index is 342. The van der Waals surface area contributed by atoms with Crippen LogP contribution < -0.4 is 10.1 Å². The van der Waals surface area contributed by atoms with E-state index in [2.05, 4.69) is 30.4 Å². The highest BCUT2D eigenvalue weighted by Crippen LogP contribution is 2.41. The van der Waals surface area contributed by atoms with Crippen molar-refractivity contribution in [2.45, 2.75) is 31.7 Å². The molecule has 1 aromatic carbocycles. The van der Waals surface area contributed by atoms with Crippen LogP contribution in [0.1, 0.15) is 29.9 Å². The lowest BCUT2D eigenvalue weighted by Gasteiger charge is -2.36. The highest BCUT2D eigenvalue weighted by atomic mass is 16.5. The van der Waals surface area contributed by atoms with E-state index in [1.807, 2.05) is 7.05 Å². The van der Waals surface area contributed by atoms with Crippen molar-refractivity contribution in [1.82, 2.24) is 5.32 Å². The number of aryl methyl sites for hydroxylation is 1. The van der Waals surface area contributed by atoms with Gasteiger partial charge in [-0.05, 0) is 44.4 Å². The normalized spacial score (nSPS) is 24.7. The number of rotatable bonds is 3. The maximum atomic E-state index is 5.41. The fourth-order valence-electron chi connectivity index (χ4n) is 2.28. The Balaban J connectivity index is 2.17. The third kappa shape index (κ3) is 2.00. The van der Waals surface area contributed by atoms with Gasteiger partial charge in [0.1, 0.15) is 5.75 Å². The summed E-state index contributed by atoms with van der Waals surface area (Å²) in [5.74, 6) is 1.72. The summed E-state index contributed by atoms with van der Waals surface area (Å²) in [5, 5.41) is 3.31. The van der Waals surface area contributed by atoms with Gasteiger partial charge in [0.05, 0.1) is 7.11 Å². The molecule has 1 N–H and O–H groups in total. The first-order valence-electron chi connectivity index (χ1n) is 5.56. The second kappa shape index (κ2) is 4.23. The first-order chi connectivity index (χ1) is 7.24. The largest absolute Gasteiger partial charge is 0.496 e. The molecule has 1 aliphatic carbocycles. The zero-order chi connectivity index (χ0) is 10.8. The second-order valence-corrected chi connectivity index (χ2v) is 4.40. The molecule has 0 aliphatic heterocycles. The van der Waals surface area contributed by atoms with Gasteiger partial charge in [0.15, 0.2) is 0 Å². The van der Waals surface area contributed by atoms with Gasteiger partial charge in [0, 0.05) is 6.04 Å². The first kappa shape index (κ1) is 10.5. The average molecular weight is 205 g/mol. The fraction of sp³-hybridized carbons (Fsp3) is 0.538. The van der Waals surface area contributed by atoms with Gasteiger partial charge < -0.3 is 10.1 Å². The van der Waals surface area contributed by atoms with Crippen LogP contribution in [-0.4, -0.2) is 20.2 Å². The van der Waals surface area contributed by atoms with E-state index < -0.39 is 0 Å². The van der Waals surface area contributed by atoms with E-state index >= 15 is 0 Å². The molecule has 1 fully saturated rings. The molecule has 1 aromatic rings. The molecular formula is C13H19NO. The Kier molecular flexibility index (Phi) is 2.96. The van der Waals surface area contributed by atoms with Gasteiger partial charge in [-0.25, -0.2) is 0 Å². The van der Waals surface area contributed by atoms with Crippen molar-refractivity contribution in [3.05, 3.63) is 29.3 Å². The van der Waals surface area contributed by atoms with Crippen LogP contribution in [0.25, 0.3) is 0 Å². The van der Waals surface area contributed by atoms with E-state index in [1.165, 1.54) is 24.0 Å². The molecule has 1 saturated carbocycles. The van der Waals surface area contributed by atoms with Gasteiger partial charge in [0.25, 0.3) is 0 Å². The van der Waals surface area contributed by atoms with E-state index in [9.17, 15) is 0 Å². The van der Waals surface area contributed by atoms with Gasteiger partial charge >= 0.3 is 0 Å². The Hall–Kier alpha value is -1.02. The standard InChI is InChI=1S/C13H19NO/c1-9-4-5-13(15-3)12(6-9)10-7-11(8-10)14-2/h4-6,10-11,14H,7-8H2,1-3H3. The smallest absolute Gasteiger partial charge is 0.122 e. The molecule has 82 valence electrons. The molecule has 0 atom stereocenters. The Morgan fingerprint density at radius 3 is 2.67 bits per heavy atom. The van der Waals surface area contributed by atoms with Crippen LogP contribution in [0.5, 0.6) is 5.75 Å². The molecule has 0 saturated heterocycles. The lowest BCUT2D eigenvalue weighted by molar-refractivity contribution is 0.297. The van der Waals surface area contributed by atoms with Crippen molar-refractivity contribution in [1.29, 1.82) is 0 Å². The predicted molar refractivity (Wildman–Crippen MR) is 62.6 cm³/mol. The minimum Gasteiger partial charge on any atom is -0.496 e. The molecule has 0 spiro atoms. The van der Waals surface area contributed by atoms with Crippen LogP contribution >= 0.6 is 0 Å². The zero-order valence-electron chi connectivity index (χ0n) is 9.71. The van der Waals surface area contributed by atoms with Crippen LogP contribution in [0.2, 0.25) is 0 Å². The van der Waals surface area contributed by atoms with Gasteiger partial charge in [0.2, 0.25) is 0 Å². The molecule has 0 aromatic heterocycles. The summed E-state index contributed by atoms with van der Waals surface area (Å²) in [7, 11) is 3.79. The van der Waals surface area contributed by atoms with Crippen molar-refractivity contribution in [3.8, 4) is 5.75 Å². The molecule has 0 heterocycles. The monoisotopic (exact) mass is 205 g/mol. The summed E-state index contributed by atoms with van der Waals surface area (Å²) in [6.07, 6.45) is 2.46. The van der Waals surface area contributed by atoms with Crippen molar-refractivity contribution in [2.24, 2.45) is 0 Å². The number of hydrogen-bond donors (Lipinski definition) is 1. The fourth-order valence-corrected chi connectivity index (χ4v) is 2.28. The maximum absolute atomic E-state index is 5.41. The van der Waals surface area contributed by atoms with Crippen LogP contribution in [0.3, 0.4) is 0 Å². The Morgan fingerprint density at radius 1 is 1.33 bits per heavy atom. The summed E-state index contributed by atoms with van der Waals surface area (Å²) in [6.45, 7) is 2.14. The SMILES string of the molecule is CNC1CC(c2cc(C)ccc2OC)C1. The summed E-state index contributed by atoms with van der Waals surface area (Å²) >= 11 is 0. The molecule has 0 bridgehead atoms. The van der Waals surface area contributed by atoms with Crippen LogP contribution in [0.15, 0.2) is 18.2 Å². The van der Waals surface area contributed by atoms with Gasteiger partial charge in [-0.2, -0.15) is 0 Å². The van der Waals surface area contributed by atoms with E-state index in [-0.39, 0.29) is 0 Å². The molecule has 2 nitrogen and oxygen atoms in total. The quantitative estimate of drug-likeness (QED) is 0.818. The van der Waals surface area contributed by atoms with Crippen molar-refractivity contribution < 1.29 is 4.74 Å². The molecule has 15 heavy (non-hydrogen) atoms. The predicted octanol–water partition coefficient (Wildman–Crippen LogP) is 2.47. The van der Waals surface area contributed by atoms with Gasteiger partial charge in [-0.15, -0.1) is 0 Å². The Morgan fingerprint density at radius 2 is 2.07 bits per heavy atom. The molecule has 0 amide bonds. The highest BCUT2D eigenvalue weighted by molar-refractivity contribution is 5.40. The number of nitrogens with one attached hydrogen (secondary N) is 1. The number of ether oxygens (including phenoxy) is 1. The topological polar surface area (TPSA) is 21.3 Å². The van der Waals surface area contributed by atoms with E-state index in [0.717, 1.165) is 5.75 Å².